The number of nitrogens with zero attached hydrogens (tertiary/aromatic N) is 3. The van der Waals surface area contributed by atoms with Crippen LogP contribution in [-0.4, -0.2) is 46.3 Å². The standard InChI is InChI=1S/C10H12F3N3O2S2/c11-10(12,13)6-1-3-16(4-2-6)8-14-15-9(20-8)19-5-7(17)18/h6H,1-5H2,(H,17,18). The Hall–Kier alpha value is -1.03. The Bertz CT molecular complexity index is 473. The summed E-state index contributed by atoms with van der Waals surface area (Å²) in [7, 11) is 0. The van der Waals surface area contributed by atoms with Crippen LogP contribution >= 0.6 is 23.1 Å². The minimum absolute atomic E-state index is 0.0562. The molecule has 0 amide bonds. The molecule has 1 aromatic rings. The molecule has 10 heteroatoms. The van der Waals surface area contributed by atoms with Crippen LogP contribution in [0.4, 0.5) is 18.3 Å². The van der Waals surface area contributed by atoms with Crippen molar-refractivity contribution in [3.63, 3.8) is 0 Å². The molecule has 1 aliphatic rings. The van der Waals surface area contributed by atoms with Gasteiger partial charge in [0.15, 0.2) is 4.34 Å². The minimum atomic E-state index is -4.13. The van der Waals surface area contributed by atoms with Crippen LogP contribution in [0.25, 0.3) is 0 Å². The van der Waals surface area contributed by atoms with Gasteiger partial charge in [0.25, 0.3) is 0 Å². The van der Waals surface area contributed by atoms with Gasteiger partial charge in [-0.1, -0.05) is 23.1 Å². The second kappa shape index (κ2) is 6.17. The second-order valence-corrected chi connectivity index (χ2v) is 6.51. The van der Waals surface area contributed by atoms with Crippen molar-refractivity contribution in [3.8, 4) is 0 Å². The lowest BCUT2D eigenvalue weighted by Gasteiger charge is -2.32. The van der Waals surface area contributed by atoms with Crippen LogP contribution in [0.15, 0.2) is 4.34 Å². The normalized spacial score (nSPS) is 17.4. The number of rotatable bonds is 4. The molecule has 0 aliphatic carbocycles. The van der Waals surface area contributed by atoms with Gasteiger partial charge in [0.1, 0.15) is 0 Å². The zero-order valence-electron chi connectivity index (χ0n) is 10.3. The monoisotopic (exact) mass is 327 g/mol. The maximum absolute atomic E-state index is 12.5. The molecule has 112 valence electrons. The number of carboxylic acids is 1. The van der Waals surface area contributed by atoms with E-state index in [-0.39, 0.29) is 18.6 Å². The number of anilines is 1. The quantitative estimate of drug-likeness (QED) is 0.857. The molecule has 1 fully saturated rings. The highest BCUT2D eigenvalue weighted by Crippen LogP contribution is 2.36. The maximum atomic E-state index is 12.5. The fourth-order valence-electron chi connectivity index (χ4n) is 1.91. The van der Waals surface area contributed by atoms with Crippen LogP contribution < -0.4 is 4.90 Å². The summed E-state index contributed by atoms with van der Waals surface area (Å²) in [6, 6.07) is 0. The fraction of sp³-hybridized carbons (Fsp3) is 0.700. The van der Waals surface area contributed by atoms with Crippen LogP contribution in [0.1, 0.15) is 12.8 Å². The lowest BCUT2D eigenvalue weighted by Crippen LogP contribution is -2.38. The van der Waals surface area contributed by atoms with E-state index in [1.165, 1.54) is 11.3 Å². The number of hydrogen-bond acceptors (Lipinski definition) is 6. The largest absolute Gasteiger partial charge is 0.481 e. The van der Waals surface area contributed by atoms with Crippen molar-refractivity contribution in [1.82, 2.24) is 10.2 Å². The van der Waals surface area contributed by atoms with Gasteiger partial charge in [0.2, 0.25) is 5.13 Å². The van der Waals surface area contributed by atoms with E-state index in [2.05, 4.69) is 10.2 Å². The number of alkyl halides is 3. The number of aliphatic carboxylic acids is 1. The number of carbonyl (C=O) groups is 1. The van der Waals surface area contributed by atoms with E-state index in [1.807, 2.05) is 0 Å². The molecule has 1 aliphatic heterocycles. The molecule has 0 aromatic carbocycles. The Balaban J connectivity index is 1.89. The van der Waals surface area contributed by atoms with Crippen molar-refractivity contribution in [2.75, 3.05) is 23.7 Å². The third kappa shape index (κ3) is 3.98. The second-order valence-electron chi connectivity index (χ2n) is 4.34. The van der Waals surface area contributed by atoms with Crippen molar-refractivity contribution in [1.29, 1.82) is 0 Å². The van der Waals surface area contributed by atoms with Gasteiger partial charge in [-0.3, -0.25) is 4.79 Å². The molecule has 1 saturated heterocycles. The van der Waals surface area contributed by atoms with Gasteiger partial charge in [0.05, 0.1) is 11.7 Å². The summed E-state index contributed by atoms with van der Waals surface area (Å²) in [5.41, 5.74) is 0. The molecule has 1 N–H and O–H groups in total. The van der Waals surface area contributed by atoms with E-state index in [4.69, 9.17) is 5.11 Å². The van der Waals surface area contributed by atoms with Gasteiger partial charge >= 0.3 is 12.1 Å². The molecule has 20 heavy (non-hydrogen) atoms. The fourth-order valence-corrected chi connectivity index (χ4v) is 3.52. The van der Waals surface area contributed by atoms with Crippen molar-refractivity contribution in [2.45, 2.75) is 23.4 Å². The molecule has 0 saturated carbocycles. The van der Waals surface area contributed by atoms with Crippen LogP contribution in [0.5, 0.6) is 0 Å². The Kier molecular flexibility index (Phi) is 4.74. The first-order valence-corrected chi connectivity index (χ1v) is 7.66. The molecule has 5 nitrogen and oxygen atoms in total. The summed E-state index contributed by atoms with van der Waals surface area (Å²) >= 11 is 2.27. The number of carboxylic acid groups (broad SMARTS) is 1. The van der Waals surface area contributed by atoms with Gasteiger partial charge in [-0.2, -0.15) is 13.2 Å². The highest BCUT2D eigenvalue weighted by molar-refractivity contribution is 8.01. The van der Waals surface area contributed by atoms with Crippen LogP contribution in [0.2, 0.25) is 0 Å². The molecule has 1 aromatic heterocycles. The van der Waals surface area contributed by atoms with Gasteiger partial charge in [0, 0.05) is 13.1 Å². The summed E-state index contributed by atoms with van der Waals surface area (Å²) in [6.07, 6.45) is -4.02. The Morgan fingerprint density at radius 1 is 1.40 bits per heavy atom. The average Bonchev–Trinajstić information content (AvgIpc) is 2.84. The summed E-state index contributed by atoms with van der Waals surface area (Å²) in [6.45, 7) is 0.588. The Labute approximate surface area is 121 Å². The van der Waals surface area contributed by atoms with E-state index >= 15 is 0 Å². The number of hydrogen-bond donors (Lipinski definition) is 1. The predicted octanol–water partition coefficient (Wildman–Crippen LogP) is 2.49. The first kappa shape index (κ1) is 15.4. The van der Waals surface area contributed by atoms with Gasteiger partial charge in [-0.25, -0.2) is 0 Å². The molecular formula is C10H12F3N3O2S2. The van der Waals surface area contributed by atoms with Crippen LogP contribution in [-0.2, 0) is 4.79 Å². The van der Waals surface area contributed by atoms with E-state index in [1.54, 1.807) is 4.90 Å². The lowest BCUT2D eigenvalue weighted by molar-refractivity contribution is -0.179. The van der Waals surface area contributed by atoms with E-state index in [0.29, 0.717) is 22.6 Å². The molecule has 2 heterocycles. The molecule has 0 radical (unpaired) electrons. The molecule has 0 spiro atoms. The van der Waals surface area contributed by atoms with Crippen LogP contribution in [0, 0.1) is 5.92 Å². The number of halogens is 3. The number of piperidine rings is 1. The number of thioether (sulfide) groups is 1. The maximum Gasteiger partial charge on any atom is 0.391 e. The molecule has 0 bridgehead atoms. The van der Waals surface area contributed by atoms with Crippen molar-refractivity contribution < 1.29 is 23.1 Å². The molecule has 2 rings (SSSR count). The zero-order chi connectivity index (χ0) is 14.8. The molecule has 0 atom stereocenters. The molecule has 0 unspecified atom stereocenters. The van der Waals surface area contributed by atoms with Gasteiger partial charge < -0.3 is 10.0 Å². The third-order valence-corrected chi connectivity index (χ3v) is 5.05. The van der Waals surface area contributed by atoms with Gasteiger partial charge in [-0.05, 0) is 12.8 Å². The first-order chi connectivity index (χ1) is 9.36. The van der Waals surface area contributed by atoms with E-state index in [9.17, 15) is 18.0 Å². The summed E-state index contributed by atoms with van der Waals surface area (Å²) in [4.78, 5) is 12.2. The van der Waals surface area contributed by atoms with Crippen molar-refractivity contribution in [2.24, 2.45) is 5.92 Å². The Morgan fingerprint density at radius 2 is 2.05 bits per heavy atom. The highest BCUT2D eigenvalue weighted by atomic mass is 32.2. The SMILES string of the molecule is O=C(O)CSc1nnc(N2CCC(C(F)(F)F)CC2)s1. The van der Waals surface area contributed by atoms with E-state index < -0.39 is 18.1 Å². The smallest absolute Gasteiger partial charge is 0.391 e. The van der Waals surface area contributed by atoms with Crippen LogP contribution in [0.3, 0.4) is 0 Å². The summed E-state index contributed by atoms with van der Waals surface area (Å²) < 4.78 is 38.2. The number of aromatic nitrogens is 2. The Morgan fingerprint density at radius 3 is 2.60 bits per heavy atom. The zero-order valence-corrected chi connectivity index (χ0v) is 11.9. The van der Waals surface area contributed by atoms with Crippen molar-refractivity contribution >= 4 is 34.2 Å². The highest BCUT2D eigenvalue weighted by Gasteiger charge is 2.41. The van der Waals surface area contributed by atoms with Crippen molar-refractivity contribution in [3.05, 3.63) is 0 Å². The topological polar surface area (TPSA) is 66.3 Å². The third-order valence-electron chi connectivity index (χ3n) is 2.94. The summed E-state index contributed by atoms with van der Waals surface area (Å²) in [5.74, 6) is -2.30. The molecular weight excluding hydrogens is 315 g/mol. The first-order valence-electron chi connectivity index (χ1n) is 5.86. The minimum Gasteiger partial charge on any atom is -0.481 e. The van der Waals surface area contributed by atoms with Gasteiger partial charge in [-0.15, -0.1) is 10.2 Å². The average molecular weight is 327 g/mol. The lowest BCUT2D eigenvalue weighted by atomic mass is 9.97. The van der Waals surface area contributed by atoms with E-state index in [0.717, 1.165) is 11.8 Å². The predicted molar refractivity (Wildman–Crippen MR) is 69.3 cm³/mol. The summed E-state index contributed by atoms with van der Waals surface area (Å²) in [5, 5.41) is 16.8.